The highest BCUT2D eigenvalue weighted by Crippen LogP contribution is 2.34. The largest absolute Gasteiger partial charge is 0.476 e. The monoisotopic (exact) mass is 270 g/mol. The zero-order chi connectivity index (χ0) is 14.4. The predicted octanol–water partition coefficient (Wildman–Crippen LogP) is 3.15. The molecule has 0 saturated carbocycles. The van der Waals surface area contributed by atoms with Crippen LogP contribution < -0.4 is 0 Å². The number of carboxylic acid groups (broad SMARTS) is 1. The fourth-order valence-corrected chi connectivity index (χ4v) is 2.49. The van der Waals surface area contributed by atoms with Gasteiger partial charge in [0.15, 0.2) is 5.69 Å². The van der Waals surface area contributed by atoms with Crippen molar-refractivity contribution in [3.8, 4) is 11.5 Å². The molecular weight excluding hydrogens is 256 g/mol. The van der Waals surface area contributed by atoms with Crippen molar-refractivity contribution in [3.05, 3.63) is 41.4 Å². The van der Waals surface area contributed by atoms with Crippen LogP contribution in [0, 0.1) is 13.8 Å². The quantitative estimate of drug-likeness (QED) is 0.776. The first-order valence-corrected chi connectivity index (χ1v) is 6.25. The second kappa shape index (κ2) is 4.23. The maximum atomic E-state index is 11.1. The zero-order valence-corrected chi connectivity index (χ0v) is 11.5. The smallest absolute Gasteiger partial charge is 0.358 e. The number of aromatic nitrogens is 2. The number of benzene rings is 1. The van der Waals surface area contributed by atoms with E-state index in [2.05, 4.69) is 4.98 Å². The molecule has 0 fully saturated rings. The van der Waals surface area contributed by atoms with E-state index >= 15 is 0 Å². The number of carboxylic acids is 1. The minimum absolute atomic E-state index is 0.0349. The van der Waals surface area contributed by atoms with E-state index < -0.39 is 5.97 Å². The van der Waals surface area contributed by atoms with Gasteiger partial charge >= 0.3 is 5.97 Å². The third-order valence-corrected chi connectivity index (χ3v) is 3.61. The molecule has 20 heavy (non-hydrogen) atoms. The molecule has 0 bridgehead atoms. The summed E-state index contributed by atoms with van der Waals surface area (Å²) in [6, 6.07) is 7.91. The molecule has 0 unspecified atom stereocenters. The molecule has 102 valence electrons. The highest BCUT2D eigenvalue weighted by Gasteiger charge is 2.22. The Morgan fingerprint density at radius 1 is 1.30 bits per heavy atom. The van der Waals surface area contributed by atoms with Crippen LogP contribution in [0.25, 0.3) is 22.4 Å². The Morgan fingerprint density at radius 3 is 2.65 bits per heavy atom. The van der Waals surface area contributed by atoms with Gasteiger partial charge in [-0.05, 0) is 19.9 Å². The first-order chi connectivity index (χ1) is 9.50. The molecule has 5 nitrogen and oxygen atoms in total. The Bertz CT molecular complexity index is 827. The topological polar surface area (TPSA) is 68.3 Å². The summed E-state index contributed by atoms with van der Waals surface area (Å²) in [5.74, 6) is -0.399. The molecule has 0 atom stereocenters. The Labute approximate surface area is 115 Å². The van der Waals surface area contributed by atoms with Gasteiger partial charge in [-0.25, -0.2) is 9.78 Å². The Morgan fingerprint density at radius 2 is 2.00 bits per heavy atom. The lowest BCUT2D eigenvalue weighted by molar-refractivity contribution is 0.0689. The van der Waals surface area contributed by atoms with Crippen LogP contribution in [0.1, 0.15) is 21.9 Å². The van der Waals surface area contributed by atoms with E-state index in [9.17, 15) is 4.79 Å². The summed E-state index contributed by atoms with van der Waals surface area (Å²) in [4.78, 5) is 15.2. The van der Waals surface area contributed by atoms with Gasteiger partial charge < -0.3 is 14.1 Å². The van der Waals surface area contributed by atoms with E-state index in [1.165, 1.54) is 0 Å². The normalized spacial score (nSPS) is 11.2. The molecule has 2 heterocycles. The van der Waals surface area contributed by atoms with Gasteiger partial charge in [-0.1, -0.05) is 18.2 Å². The summed E-state index contributed by atoms with van der Waals surface area (Å²) in [7, 11) is 1.97. The molecule has 0 aliphatic heterocycles. The molecule has 0 aliphatic carbocycles. The van der Waals surface area contributed by atoms with E-state index in [4.69, 9.17) is 9.52 Å². The van der Waals surface area contributed by atoms with Gasteiger partial charge in [0.25, 0.3) is 0 Å². The van der Waals surface area contributed by atoms with Gasteiger partial charge in [-0.2, -0.15) is 0 Å². The number of fused-ring (bicyclic) bond motifs is 1. The molecule has 2 aromatic heterocycles. The summed E-state index contributed by atoms with van der Waals surface area (Å²) in [6.45, 7) is 3.58. The van der Waals surface area contributed by atoms with Crippen molar-refractivity contribution < 1.29 is 14.3 Å². The maximum Gasteiger partial charge on any atom is 0.358 e. The predicted molar refractivity (Wildman–Crippen MR) is 74.8 cm³/mol. The van der Waals surface area contributed by atoms with E-state index in [0.29, 0.717) is 11.7 Å². The van der Waals surface area contributed by atoms with E-state index in [0.717, 1.165) is 22.2 Å². The summed E-state index contributed by atoms with van der Waals surface area (Å²) in [6.07, 6.45) is 0. The molecule has 0 radical (unpaired) electrons. The maximum absolute atomic E-state index is 11.1. The lowest BCUT2D eigenvalue weighted by Crippen LogP contribution is -1.98. The highest BCUT2D eigenvalue weighted by atomic mass is 16.4. The van der Waals surface area contributed by atoms with Crippen molar-refractivity contribution in [2.24, 2.45) is 7.05 Å². The van der Waals surface area contributed by atoms with Crippen LogP contribution in [0.3, 0.4) is 0 Å². The van der Waals surface area contributed by atoms with Crippen molar-refractivity contribution in [2.45, 2.75) is 13.8 Å². The first kappa shape index (κ1) is 12.5. The van der Waals surface area contributed by atoms with Gasteiger partial charge in [0, 0.05) is 23.6 Å². The van der Waals surface area contributed by atoms with Gasteiger partial charge in [0.1, 0.15) is 5.76 Å². The summed E-state index contributed by atoms with van der Waals surface area (Å²) in [5, 5.41) is 10.1. The number of aromatic carboxylic acids is 1. The number of para-hydroxylation sites is 1. The van der Waals surface area contributed by atoms with Crippen LogP contribution in [0.15, 0.2) is 28.7 Å². The van der Waals surface area contributed by atoms with Gasteiger partial charge in [-0.15, -0.1) is 0 Å². The lowest BCUT2D eigenvalue weighted by Gasteiger charge is -1.98. The fraction of sp³-hybridized carbons (Fsp3) is 0.200. The highest BCUT2D eigenvalue weighted by molar-refractivity contribution is 5.96. The Kier molecular flexibility index (Phi) is 2.64. The van der Waals surface area contributed by atoms with Crippen LogP contribution >= 0.6 is 0 Å². The van der Waals surface area contributed by atoms with Crippen LogP contribution in [0.5, 0.6) is 0 Å². The zero-order valence-electron chi connectivity index (χ0n) is 11.5. The molecule has 3 rings (SSSR count). The first-order valence-electron chi connectivity index (χ1n) is 6.25. The number of rotatable bonds is 2. The molecular formula is C15H14N2O3. The van der Waals surface area contributed by atoms with Gasteiger partial charge in [-0.3, -0.25) is 0 Å². The molecule has 3 aromatic rings. The van der Waals surface area contributed by atoms with E-state index in [1.54, 1.807) is 6.92 Å². The average molecular weight is 270 g/mol. The third-order valence-electron chi connectivity index (χ3n) is 3.61. The summed E-state index contributed by atoms with van der Waals surface area (Å²) in [5.41, 5.74) is 2.86. The minimum Gasteiger partial charge on any atom is -0.476 e. The number of hydrogen-bond donors (Lipinski definition) is 1. The Hall–Kier alpha value is -2.56. The molecule has 0 spiro atoms. The van der Waals surface area contributed by atoms with E-state index in [-0.39, 0.29) is 5.69 Å². The molecule has 0 aliphatic rings. The summed E-state index contributed by atoms with van der Waals surface area (Å²) < 4.78 is 7.61. The standard InChI is InChI=1S/C15H14N2O3/c1-8-12(10-6-4-5-7-11(10)17(8)3)14-16-13(15(18)19)9(2)20-14/h4-7H,1-3H3,(H,18,19). The van der Waals surface area contributed by atoms with E-state index in [1.807, 2.05) is 42.8 Å². The van der Waals surface area contributed by atoms with Gasteiger partial charge in [0.05, 0.1) is 5.56 Å². The molecule has 0 amide bonds. The molecule has 5 heteroatoms. The average Bonchev–Trinajstić information content (AvgIpc) is 2.90. The second-order valence-corrected chi connectivity index (χ2v) is 4.77. The number of carbonyl (C=O) groups is 1. The lowest BCUT2D eigenvalue weighted by atomic mass is 10.1. The molecule has 1 aromatic carbocycles. The van der Waals surface area contributed by atoms with Crippen molar-refractivity contribution in [2.75, 3.05) is 0 Å². The molecule has 1 N–H and O–H groups in total. The van der Waals surface area contributed by atoms with Gasteiger partial charge in [0.2, 0.25) is 5.89 Å². The third kappa shape index (κ3) is 1.63. The SMILES string of the molecule is Cc1oc(-c2c(C)n(C)c3ccccc23)nc1C(=O)O. The van der Waals surface area contributed by atoms with Crippen LogP contribution in [-0.4, -0.2) is 20.6 Å². The van der Waals surface area contributed by atoms with Crippen molar-refractivity contribution in [3.63, 3.8) is 0 Å². The molecule has 0 saturated heterocycles. The van der Waals surface area contributed by atoms with Crippen LogP contribution in [0.4, 0.5) is 0 Å². The van der Waals surface area contributed by atoms with Crippen LogP contribution in [-0.2, 0) is 7.05 Å². The second-order valence-electron chi connectivity index (χ2n) is 4.77. The number of aryl methyl sites for hydroxylation is 2. The minimum atomic E-state index is -1.07. The fourth-order valence-electron chi connectivity index (χ4n) is 2.49. The Balaban J connectivity index is 2.32. The van der Waals surface area contributed by atoms with Crippen LogP contribution in [0.2, 0.25) is 0 Å². The summed E-state index contributed by atoms with van der Waals surface area (Å²) >= 11 is 0. The number of oxazole rings is 1. The number of nitrogens with zero attached hydrogens (tertiary/aromatic N) is 2. The van der Waals surface area contributed by atoms with Crippen molar-refractivity contribution in [1.29, 1.82) is 0 Å². The van der Waals surface area contributed by atoms with Crippen molar-refractivity contribution >= 4 is 16.9 Å². The van der Waals surface area contributed by atoms with Crippen molar-refractivity contribution in [1.82, 2.24) is 9.55 Å². The number of hydrogen-bond acceptors (Lipinski definition) is 3.